The van der Waals surface area contributed by atoms with Gasteiger partial charge < -0.3 is 4.90 Å². The molecule has 24 heavy (non-hydrogen) atoms. The van der Waals surface area contributed by atoms with Crippen molar-refractivity contribution in [3.8, 4) is 0 Å². The minimum absolute atomic E-state index is 0.0956. The van der Waals surface area contributed by atoms with Crippen LogP contribution in [0.4, 0.5) is 0 Å². The van der Waals surface area contributed by atoms with Gasteiger partial charge in [-0.25, -0.2) is 0 Å². The number of carbonyl (C=O) groups is 1. The maximum Gasteiger partial charge on any atom is 0.257 e. The Balaban J connectivity index is 1.51. The summed E-state index contributed by atoms with van der Waals surface area (Å²) in [7, 11) is 0. The second-order valence-electron chi connectivity index (χ2n) is 6.21. The average molecular weight is 324 g/mol. The molecule has 0 saturated carbocycles. The number of aromatic amines is 1. The maximum atomic E-state index is 12.6. The molecule has 1 aliphatic rings. The minimum Gasteiger partial charge on any atom is -0.336 e. The van der Waals surface area contributed by atoms with Gasteiger partial charge in [-0.3, -0.25) is 14.8 Å². The van der Waals surface area contributed by atoms with Crippen LogP contribution in [0.3, 0.4) is 0 Å². The number of H-pyrrole nitrogens is 1. The van der Waals surface area contributed by atoms with Crippen molar-refractivity contribution in [2.75, 3.05) is 32.7 Å². The van der Waals surface area contributed by atoms with Gasteiger partial charge in [-0.1, -0.05) is 42.5 Å². The number of benzene rings is 1. The fourth-order valence-electron chi connectivity index (χ4n) is 3.06. The zero-order valence-electron chi connectivity index (χ0n) is 14.3. The van der Waals surface area contributed by atoms with E-state index in [1.54, 1.807) is 0 Å². The van der Waals surface area contributed by atoms with Gasteiger partial charge in [0.25, 0.3) is 5.91 Å². The smallest absolute Gasteiger partial charge is 0.257 e. The highest BCUT2D eigenvalue weighted by atomic mass is 16.2. The van der Waals surface area contributed by atoms with Gasteiger partial charge in [-0.15, -0.1) is 0 Å². The van der Waals surface area contributed by atoms with Gasteiger partial charge in [0.05, 0.1) is 11.3 Å². The highest BCUT2D eigenvalue weighted by Gasteiger charge is 2.25. The molecule has 1 aliphatic heterocycles. The van der Waals surface area contributed by atoms with E-state index < -0.39 is 0 Å². The zero-order chi connectivity index (χ0) is 16.9. The van der Waals surface area contributed by atoms with Crippen molar-refractivity contribution in [2.45, 2.75) is 13.8 Å². The molecule has 1 amide bonds. The first kappa shape index (κ1) is 16.5. The summed E-state index contributed by atoms with van der Waals surface area (Å²) < 4.78 is 0. The lowest BCUT2D eigenvalue weighted by Gasteiger charge is -2.34. The Morgan fingerprint density at radius 3 is 2.50 bits per heavy atom. The number of nitrogens with one attached hydrogen (secondary N) is 1. The molecule has 1 fully saturated rings. The van der Waals surface area contributed by atoms with E-state index in [4.69, 9.17) is 0 Å². The lowest BCUT2D eigenvalue weighted by Crippen LogP contribution is -2.48. The normalized spacial score (nSPS) is 16.0. The fraction of sp³-hybridized carbons (Fsp3) is 0.368. The number of hydrogen-bond donors (Lipinski definition) is 1. The number of aryl methyl sites for hydroxylation is 2. The predicted octanol–water partition coefficient (Wildman–Crippen LogP) is 2.50. The molecule has 0 atom stereocenters. The Hall–Kier alpha value is -2.40. The molecule has 5 nitrogen and oxygen atoms in total. The summed E-state index contributed by atoms with van der Waals surface area (Å²) in [5.74, 6) is 0.0956. The van der Waals surface area contributed by atoms with Gasteiger partial charge in [-0.05, 0) is 19.4 Å². The molecule has 0 bridgehead atoms. The molecular formula is C19H24N4O. The molecular weight excluding hydrogens is 300 g/mol. The molecule has 0 aliphatic carbocycles. The molecule has 0 spiro atoms. The minimum atomic E-state index is 0.0956. The van der Waals surface area contributed by atoms with Crippen molar-refractivity contribution in [3.63, 3.8) is 0 Å². The highest BCUT2D eigenvalue weighted by Crippen LogP contribution is 2.14. The summed E-state index contributed by atoms with van der Waals surface area (Å²) in [6.45, 7) is 8.03. The summed E-state index contributed by atoms with van der Waals surface area (Å²) in [6, 6.07) is 10.3. The molecule has 3 rings (SSSR count). The van der Waals surface area contributed by atoms with Gasteiger partial charge in [0.15, 0.2) is 0 Å². The number of amides is 1. The standard InChI is InChI=1S/C19H24N4O/c1-15-18(16(2)21-20-15)19(24)23-13-11-22(12-14-23)10-6-9-17-7-4-3-5-8-17/h3-9H,10-14H2,1-2H3,(H,20,21)/b9-6+. The Morgan fingerprint density at radius 1 is 1.17 bits per heavy atom. The van der Waals surface area contributed by atoms with Crippen LogP contribution in [0.2, 0.25) is 0 Å². The molecule has 2 aromatic rings. The van der Waals surface area contributed by atoms with E-state index in [0.29, 0.717) is 0 Å². The predicted molar refractivity (Wildman–Crippen MR) is 95.9 cm³/mol. The quantitative estimate of drug-likeness (QED) is 0.940. The number of carbonyl (C=O) groups excluding carboxylic acids is 1. The SMILES string of the molecule is Cc1n[nH]c(C)c1C(=O)N1CCN(C/C=C/c2ccccc2)CC1. The first-order valence-corrected chi connectivity index (χ1v) is 8.40. The van der Waals surface area contributed by atoms with Crippen LogP contribution in [0.1, 0.15) is 27.3 Å². The Kier molecular flexibility index (Phi) is 5.11. The van der Waals surface area contributed by atoms with E-state index in [0.717, 1.165) is 49.7 Å². The van der Waals surface area contributed by atoms with Gasteiger partial charge >= 0.3 is 0 Å². The summed E-state index contributed by atoms with van der Waals surface area (Å²) in [5, 5.41) is 7.02. The third-order valence-corrected chi connectivity index (χ3v) is 4.47. The molecule has 5 heteroatoms. The molecule has 1 N–H and O–H groups in total. The molecule has 1 aromatic heterocycles. The van der Waals surface area contributed by atoms with Crippen molar-refractivity contribution >= 4 is 12.0 Å². The van der Waals surface area contributed by atoms with Crippen LogP contribution in [-0.4, -0.2) is 58.6 Å². The first-order chi connectivity index (χ1) is 11.6. The number of nitrogens with zero attached hydrogens (tertiary/aromatic N) is 3. The molecule has 0 unspecified atom stereocenters. The second-order valence-corrected chi connectivity index (χ2v) is 6.21. The number of hydrogen-bond acceptors (Lipinski definition) is 3. The van der Waals surface area contributed by atoms with Crippen molar-refractivity contribution in [1.82, 2.24) is 20.0 Å². The second kappa shape index (κ2) is 7.45. The topological polar surface area (TPSA) is 52.2 Å². The van der Waals surface area contributed by atoms with Crippen LogP contribution < -0.4 is 0 Å². The summed E-state index contributed by atoms with van der Waals surface area (Å²) in [5.41, 5.74) is 3.58. The maximum absolute atomic E-state index is 12.6. The molecule has 1 saturated heterocycles. The van der Waals surface area contributed by atoms with E-state index in [9.17, 15) is 4.79 Å². The third kappa shape index (κ3) is 3.74. The molecule has 126 valence electrons. The van der Waals surface area contributed by atoms with E-state index in [1.165, 1.54) is 5.56 Å². The Labute approximate surface area is 143 Å². The van der Waals surface area contributed by atoms with Crippen molar-refractivity contribution < 1.29 is 4.79 Å². The summed E-state index contributed by atoms with van der Waals surface area (Å²) in [6.07, 6.45) is 4.34. The van der Waals surface area contributed by atoms with Gasteiger partial charge in [0, 0.05) is 38.4 Å². The largest absolute Gasteiger partial charge is 0.336 e. The lowest BCUT2D eigenvalue weighted by molar-refractivity contribution is 0.0649. The number of aromatic nitrogens is 2. The average Bonchev–Trinajstić information content (AvgIpc) is 2.94. The van der Waals surface area contributed by atoms with Gasteiger partial charge in [0.2, 0.25) is 0 Å². The van der Waals surface area contributed by atoms with Crippen LogP contribution in [0, 0.1) is 13.8 Å². The van der Waals surface area contributed by atoms with Crippen LogP contribution >= 0.6 is 0 Å². The summed E-state index contributed by atoms with van der Waals surface area (Å²) in [4.78, 5) is 16.9. The molecule has 1 aromatic carbocycles. The van der Waals surface area contributed by atoms with Gasteiger partial charge in [0.1, 0.15) is 0 Å². The van der Waals surface area contributed by atoms with Crippen LogP contribution in [0.5, 0.6) is 0 Å². The van der Waals surface area contributed by atoms with Crippen molar-refractivity contribution in [2.24, 2.45) is 0 Å². The fourth-order valence-corrected chi connectivity index (χ4v) is 3.06. The third-order valence-electron chi connectivity index (χ3n) is 4.47. The Bertz CT molecular complexity index is 693. The van der Waals surface area contributed by atoms with Gasteiger partial charge in [-0.2, -0.15) is 5.10 Å². The lowest BCUT2D eigenvalue weighted by atomic mass is 10.1. The zero-order valence-corrected chi connectivity index (χ0v) is 14.3. The van der Waals surface area contributed by atoms with Crippen LogP contribution in [-0.2, 0) is 0 Å². The highest BCUT2D eigenvalue weighted by molar-refractivity contribution is 5.96. The van der Waals surface area contributed by atoms with Crippen LogP contribution in [0.25, 0.3) is 6.08 Å². The van der Waals surface area contributed by atoms with E-state index in [2.05, 4.69) is 39.4 Å². The number of rotatable bonds is 4. The summed E-state index contributed by atoms with van der Waals surface area (Å²) >= 11 is 0. The molecule has 2 heterocycles. The van der Waals surface area contributed by atoms with Crippen LogP contribution in [0.15, 0.2) is 36.4 Å². The van der Waals surface area contributed by atoms with Crippen molar-refractivity contribution in [3.05, 3.63) is 58.9 Å². The van der Waals surface area contributed by atoms with E-state index >= 15 is 0 Å². The first-order valence-electron chi connectivity index (χ1n) is 8.40. The van der Waals surface area contributed by atoms with E-state index in [1.807, 2.05) is 36.9 Å². The Morgan fingerprint density at radius 2 is 1.88 bits per heavy atom. The van der Waals surface area contributed by atoms with Crippen molar-refractivity contribution in [1.29, 1.82) is 0 Å². The number of piperazine rings is 1. The molecule has 0 radical (unpaired) electrons. The monoisotopic (exact) mass is 324 g/mol. The van der Waals surface area contributed by atoms with E-state index in [-0.39, 0.29) is 5.91 Å².